The van der Waals surface area contributed by atoms with Crippen LogP contribution >= 0.6 is 7.82 Å². The molecule has 13 heteroatoms. The highest BCUT2D eigenvalue weighted by atomic mass is 31.2. The molecule has 0 aromatic carbocycles. The van der Waals surface area contributed by atoms with E-state index in [2.05, 4.69) is 26.0 Å². The van der Waals surface area contributed by atoms with E-state index in [1.807, 2.05) is 6.08 Å². The van der Waals surface area contributed by atoms with Gasteiger partial charge in [0.25, 0.3) is 0 Å². The number of aliphatic hydroxyl groups is 2. The van der Waals surface area contributed by atoms with Crippen LogP contribution < -0.4 is 5.73 Å². The van der Waals surface area contributed by atoms with Crippen molar-refractivity contribution in [3.63, 3.8) is 0 Å². The van der Waals surface area contributed by atoms with Crippen LogP contribution in [0.3, 0.4) is 0 Å². The van der Waals surface area contributed by atoms with Gasteiger partial charge in [-0.05, 0) is 51.4 Å². The Labute approximate surface area is 351 Å². The highest BCUT2D eigenvalue weighted by molar-refractivity contribution is 7.47. The first-order valence-corrected chi connectivity index (χ1v) is 24.4. The summed E-state index contributed by atoms with van der Waals surface area (Å²) in [7, 11) is -4.44. The maximum atomic E-state index is 12.6. The summed E-state index contributed by atoms with van der Waals surface area (Å²) >= 11 is 0. The lowest BCUT2D eigenvalue weighted by molar-refractivity contribution is -0.161. The van der Waals surface area contributed by atoms with Gasteiger partial charge in [0.1, 0.15) is 12.4 Å². The number of rotatable bonds is 39. The molecule has 1 unspecified atom stereocenters. The summed E-state index contributed by atoms with van der Waals surface area (Å²) in [6.45, 7) is 3.36. The summed E-state index contributed by atoms with van der Waals surface area (Å²) in [5.74, 6) is -1.51. The fourth-order valence-electron chi connectivity index (χ4n) is 7.23. The molecule has 1 aliphatic carbocycles. The van der Waals surface area contributed by atoms with E-state index in [1.54, 1.807) is 6.08 Å². The molecule has 0 aliphatic heterocycles. The second-order valence-electron chi connectivity index (χ2n) is 16.0. The standard InChI is InChI=1S/C45H82NO11P/c1-3-5-7-8-9-10-11-12-13-14-15-16-17-18-19-20-26-30-45(51)57-39(37-56-58(52,53)55-34-33-46)36-54-44(50)29-25-22-21-24-28-40-41(43(49)35-42(40)48)32-31-38(47)27-23-6-4-2/h12-13,31-32,38-41,43,47,49H,3-11,14-30,33-37,46H2,1-2H3,(H,52,53)/b13-12-,32-31+/t38-,39+,40+,41+,43+/m0/s1. The van der Waals surface area contributed by atoms with Crippen molar-refractivity contribution in [3.05, 3.63) is 24.3 Å². The lowest BCUT2D eigenvalue weighted by atomic mass is 9.88. The maximum Gasteiger partial charge on any atom is 0.472 e. The minimum atomic E-state index is -4.44. The molecule has 0 aromatic rings. The van der Waals surface area contributed by atoms with Crippen LogP contribution in [0.5, 0.6) is 0 Å². The quantitative estimate of drug-likeness (QED) is 0.0199. The van der Waals surface area contributed by atoms with Gasteiger partial charge in [-0.1, -0.05) is 141 Å². The minimum Gasteiger partial charge on any atom is -0.462 e. The molecule has 1 fully saturated rings. The topological polar surface area (TPSA) is 192 Å². The molecule has 0 saturated heterocycles. The smallest absolute Gasteiger partial charge is 0.462 e. The Balaban J connectivity index is 2.34. The fraction of sp³-hybridized carbons (Fsp3) is 0.844. The van der Waals surface area contributed by atoms with Crippen molar-refractivity contribution >= 4 is 25.5 Å². The zero-order chi connectivity index (χ0) is 42.7. The predicted octanol–water partition coefficient (Wildman–Crippen LogP) is 9.76. The van der Waals surface area contributed by atoms with Crippen LogP contribution in [0.1, 0.15) is 187 Å². The molecule has 0 heterocycles. The van der Waals surface area contributed by atoms with E-state index in [9.17, 15) is 34.1 Å². The number of allylic oxidation sites excluding steroid dienone is 2. The third-order valence-corrected chi connectivity index (χ3v) is 11.7. The number of hydrogen-bond acceptors (Lipinski definition) is 11. The Hall–Kier alpha value is -1.92. The lowest BCUT2D eigenvalue weighted by Gasteiger charge is -2.20. The molecule has 0 radical (unpaired) electrons. The number of carbonyl (C=O) groups is 3. The van der Waals surface area contributed by atoms with Gasteiger partial charge in [-0.3, -0.25) is 23.4 Å². The minimum absolute atomic E-state index is 0.0184. The van der Waals surface area contributed by atoms with Crippen molar-refractivity contribution in [2.75, 3.05) is 26.4 Å². The van der Waals surface area contributed by atoms with Crippen molar-refractivity contribution in [1.82, 2.24) is 0 Å². The molecule has 0 bridgehead atoms. The molecule has 12 nitrogen and oxygen atoms in total. The van der Waals surface area contributed by atoms with E-state index >= 15 is 0 Å². The van der Waals surface area contributed by atoms with Gasteiger partial charge < -0.3 is 30.3 Å². The summed E-state index contributed by atoms with van der Waals surface area (Å²) in [5, 5.41) is 20.7. The second kappa shape index (κ2) is 35.8. The van der Waals surface area contributed by atoms with E-state index < -0.39 is 44.7 Å². The van der Waals surface area contributed by atoms with Gasteiger partial charge in [0.15, 0.2) is 6.10 Å². The average Bonchev–Trinajstić information content (AvgIpc) is 3.47. The molecule has 1 aliphatic rings. The van der Waals surface area contributed by atoms with Crippen LogP contribution in [0, 0.1) is 11.8 Å². The number of nitrogens with two attached hydrogens (primary N) is 1. The van der Waals surface area contributed by atoms with E-state index in [4.69, 9.17) is 24.3 Å². The third kappa shape index (κ3) is 29.3. The molecule has 0 amide bonds. The number of phosphoric acid groups is 1. The molecule has 1 saturated carbocycles. The fourth-order valence-corrected chi connectivity index (χ4v) is 8.00. The van der Waals surface area contributed by atoms with Crippen LogP contribution in [-0.2, 0) is 37.5 Å². The molecule has 338 valence electrons. The van der Waals surface area contributed by atoms with Crippen molar-refractivity contribution in [1.29, 1.82) is 0 Å². The van der Waals surface area contributed by atoms with Gasteiger partial charge in [-0.25, -0.2) is 4.57 Å². The summed E-state index contributed by atoms with van der Waals surface area (Å²) in [6.07, 6.45) is 31.0. The van der Waals surface area contributed by atoms with E-state index in [-0.39, 0.29) is 56.6 Å². The Kier molecular flexibility index (Phi) is 33.4. The molecule has 0 spiro atoms. The van der Waals surface area contributed by atoms with Crippen molar-refractivity contribution < 1.29 is 52.6 Å². The number of ketones is 1. The van der Waals surface area contributed by atoms with Gasteiger partial charge in [0.05, 0.1) is 25.4 Å². The number of carbonyl (C=O) groups excluding carboxylic acids is 3. The summed E-state index contributed by atoms with van der Waals surface area (Å²) in [5.41, 5.74) is 5.35. The molecule has 58 heavy (non-hydrogen) atoms. The Bertz CT molecular complexity index is 1170. The number of ether oxygens (including phenoxy) is 2. The normalized spacial score (nSPS) is 19.2. The Morgan fingerprint density at radius 3 is 1.95 bits per heavy atom. The summed E-state index contributed by atoms with van der Waals surface area (Å²) < 4.78 is 32.8. The van der Waals surface area contributed by atoms with E-state index in [0.717, 1.165) is 64.2 Å². The third-order valence-electron chi connectivity index (χ3n) is 10.7. The first-order chi connectivity index (χ1) is 28.0. The average molecular weight is 844 g/mol. The van der Waals surface area contributed by atoms with Crippen LogP contribution in [0.4, 0.5) is 0 Å². The van der Waals surface area contributed by atoms with Gasteiger partial charge in [0, 0.05) is 37.6 Å². The first kappa shape index (κ1) is 54.1. The van der Waals surface area contributed by atoms with Crippen LogP contribution in [-0.4, -0.2) is 77.5 Å². The number of Topliss-reactive ketones (excluding diaryl/α,β-unsaturated/α-hetero) is 1. The maximum absolute atomic E-state index is 12.6. The zero-order valence-corrected chi connectivity index (χ0v) is 37.1. The number of aliphatic hydroxyl groups excluding tert-OH is 2. The lowest BCUT2D eigenvalue weighted by Crippen LogP contribution is -2.29. The number of esters is 2. The van der Waals surface area contributed by atoms with Gasteiger partial charge in [-0.15, -0.1) is 0 Å². The van der Waals surface area contributed by atoms with Crippen LogP contribution in [0.15, 0.2) is 24.3 Å². The Morgan fingerprint density at radius 2 is 1.33 bits per heavy atom. The predicted molar refractivity (Wildman–Crippen MR) is 230 cm³/mol. The highest BCUT2D eigenvalue weighted by Gasteiger charge is 2.39. The SMILES string of the molecule is CCCCCCCC/C=C\CCCCCCCCCC(=O)O[C@H](COC(=O)CCCCCC[C@H]1C(=O)C[C@@H](O)[C@@H]1/C=C/[C@@H](O)CCCCC)COP(=O)(O)OCCN. The molecular weight excluding hydrogens is 761 g/mol. The van der Waals surface area contributed by atoms with Crippen molar-refractivity contribution in [2.24, 2.45) is 17.6 Å². The zero-order valence-electron chi connectivity index (χ0n) is 36.2. The second-order valence-corrected chi connectivity index (χ2v) is 17.5. The van der Waals surface area contributed by atoms with Crippen molar-refractivity contribution in [2.45, 2.75) is 206 Å². The number of unbranched alkanes of at least 4 members (excludes halogenated alkanes) is 18. The van der Waals surface area contributed by atoms with Gasteiger partial charge >= 0.3 is 19.8 Å². The highest BCUT2D eigenvalue weighted by Crippen LogP contribution is 2.43. The largest absolute Gasteiger partial charge is 0.472 e. The first-order valence-electron chi connectivity index (χ1n) is 22.9. The Morgan fingerprint density at radius 1 is 0.776 bits per heavy atom. The molecule has 6 atom stereocenters. The van der Waals surface area contributed by atoms with Gasteiger partial charge in [-0.2, -0.15) is 0 Å². The monoisotopic (exact) mass is 844 g/mol. The number of hydrogen-bond donors (Lipinski definition) is 4. The van der Waals surface area contributed by atoms with E-state index in [1.165, 1.54) is 64.2 Å². The molecule has 1 rings (SSSR count). The molecule has 0 aromatic heterocycles. The van der Waals surface area contributed by atoms with Crippen LogP contribution in [0.2, 0.25) is 0 Å². The summed E-state index contributed by atoms with van der Waals surface area (Å²) in [4.78, 5) is 47.7. The molecular formula is C45H82NO11P. The molecule has 5 N–H and O–H groups in total. The number of phosphoric ester groups is 1. The van der Waals surface area contributed by atoms with Crippen molar-refractivity contribution in [3.8, 4) is 0 Å². The van der Waals surface area contributed by atoms with Gasteiger partial charge in [0.2, 0.25) is 0 Å². The summed E-state index contributed by atoms with van der Waals surface area (Å²) in [6, 6.07) is 0. The van der Waals surface area contributed by atoms with Crippen LogP contribution in [0.25, 0.3) is 0 Å². The van der Waals surface area contributed by atoms with E-state index in [0.29, 0.717) is 25.7 Å².